The molecular weight excluding hydrogens is 200 g/mol. The van der Waals surface area contributed by atoms with Crippen molar-refractivity contribution in [1.29, 1.82) is 0 Å². The Morgan fingerprint density at radius 1 is 1.31 bits per heavy atom. The van der Waals surface area contributed by atoms with Crippen LogP contribution in [0, 0.1) is 6.92 Å². The van der Waals surface area contributed by atoms with Crippen LogP contribution in [-0.4, -0.2) is 21.1 Å². The Balaban J connectivity index is 0.000000606. The second kappa shape index (κ2) is 6.28. The summed E-state index contributed by atoms with van der Waals surface area (Å²) in [6, 6.07) is 5.98. The Bertz CT molecular complexity index is 434. The molecule has 3 nitrogen and oxygen atoms in total. The second-order valence-electron chi connectivity index (χ2n) is 3.40. The van der Waals surface area contributed by atoms with Gasteiger partial charge >= 0.3 is 0 Å². The van der Waals surface area contributed by atoms with Gasteiger partial charge in [-0.1, -0.05) is 19.9 Å². The fourth-order valence-corrected chi connectivity index (χ4v) is 1.71. The van der Waals surface area contributed by atoms with Crippen molar-refractivity contribution in [1.82, 2.24) is 9.38 Å². The molecule has 1 N–H and O–H groups in total. The van der Waals surface area contributed by atoms with Crippen LogP contribution in [-0.2, 0) is 6.42 Å². The van der Waals surface area contributed by atoms with Crippen molar-refractivity contribution in [2.45, 2.75) is 33.6 Å². The molecule has 0 fully saturated rings. The first-order valence-electron chi connectivity index (χ1n) is 5.86. The number of nitrogens with zero attached hydrogens (tertiary/aromatic N) is 2. The first-order valence-corrected chi connectivity index (χ1v) is 5.86. The molecule has 0 atom stereocenters. The molecule has 0 amide bonds. The van der Waals surface area contributed by atoms with Crippen LogP contribution in [0.5, 0.6) is 0 Å². The Hall–Kier alpha value is -1.35. The molecule has 0 unspecified atom stereocenters. The van der Waals surface area contributed by atoms with Gasteiger partial charge in [-0.05, 0) is 31.9 Å². The lowest BCUT2D eigenvalue weighted by molar-refractivity contribution is 0.288. The molecule has 0 aliphatic carbocycles. The second-order valence-corrected chi connectivity index (χ2v) is 3.40. The summed E-state index contributed by atoms with van der Waals surface area (Å²) in [7, 11) is 0. The van der Waals surface area contributed by atoms with Crippen molar-refractivity contribution >= 4 is 5.65 Å². The molecule has 2 aromatic heterocycles. The van der Waals surface area contributed by atoms with Gasteiger partial charge in [0.25, 0.3) is 0 Å². The molecule has 0 aromatic carbocycles. The quantitative estimate of drug-likeness (QED) is 0.863. The number of aromatic nitrogens is 2. The van der Waals surface area contributed by atoms with E-state index in [0.29, 0.717) is 0 Å². The van der Waals surface area contributed by atoms with Gasteiger partial charge in [-0.15, -0.1) is 0 Å². The van der Waals surface area contributed by atoms with Crippen LogP contribution in [0.4, 0.5) is 0 Å². The van der Waals surface area contributed by atoms with Crippen molar-refractivity contribution < 1.29 is 5.11 Å². The number of fused-ring (bicyclic) bond motifs is 1. The van der Waals surface area contributed by atoms with Gasteiger partial charge < -0.3 is 9.51 Å². The fraction of sp³-hybridized carbons (Fsp3) is 0.462. The fourth-order valence-electron chi connectivity index (χ4n) is 1.71. The first-order chi connectivity index (χ1) is 7.83. The number of hydrogen-bond acceptors (Lipinski definition) is 2. The largest absolute Gasteiger partial charge is 0.396 e. The summed E-state index contributed by atoms with van der Waals surface area (Å²) in [5, 5.41) is 8.80. The maximum absolute atomic E-state index is 8.80. The number of imidazole rings is 1. The lowest BCUT2D eigenvalue weighted by atomic mass is 10.2. The van der Waals surface area contributed by atoms with Gasteiger partial charge in [-0.25, -0.2) is 4.98 Å². The van der Waals surface area contributed by atoms with Crippen molar-refractivity contribution in [3.05, 3.63) is 35.8 Å². The van der Waals surface area contributed by atoms with Crippen LogP contribution in [0.25, 0.3) is 5.65 Å². The summed E-state index contributed by atoms with van der Waals surface area (Å²) in [4.78, 5) is 4.45. The minimum absolute atomic E-state index is 0.236. The van der Waals surface area contributed by atoms with E-state index in [0.717, 1.165) is 24.2 Å². The van der Waals surface area contributed by atoms with Crippen LogP contribution >= 0.6 is 0 Å². The van der Waals surface area contributed by atoms with Gasteiger partial charge in [0.05, 0.1) is 5.69 Å². The highest BCUT2D eigenvalue weighted by Gasteiger charge is 2.06. The Morgan fingerprint density at radius 3 is 2.75 bits per heavy atom. The number of aryl methyl sites for hydroxylation is 2. The third-order valence-electron chi connectivity index (χ3n) is 2.40. The highest BCUT2D eigenvalue weighted by Crippen LogP contribution is 2.13. The summed E-state index contributed by atoms with van der Waals surface area (Å²) in [5.74, 6) is 0. The molecule has 16 heavy (non-hydrogen) atoms. The third kappa shape index (κ3) is 2.61. The zero-order valence-corrected chi connectivity index (χ0v) is 10.3. The van der Waals surface area contributed by atoms with Gasteiger partial charge in [-0.2, -0.15) is 0 Å². The third-order valence-corrected chi connectivity index (χ3v) is 2.40. The van der Waals surface area contributed by atoms with E-state index in [4.69, 9.17) is 5.11 Å². The van der Waals surface area contributed by atoms with Gasteiger partial charge in [0.1, 0.15) is 5.65 Å². The van der Waals surface area contributed by atoms with E-state index in [2.05, 4.69) is 9.38 Å². The van der Waals surface area contributed by atoms with Crippen molar-refractivity contribution in [2.75, 3.05) is 6.61 Å². The highest BCUT2D eigenvalue weighted by atomic mass is 16.2. The molecule has 2 heterocycles. The van der Waals surface area contributed by atoms with Crippen molar-refractivity contribution in [2.24, 2.45) is 0 Å². The monoisotopic (exact) mass is 220 g/mol. The molecule has 0 aliphatic rings. The first kappa shape index (κ1) is 12.7. The average molecular weight is 220 g/mol. The molecule has 0 radical (unpaired) electrons. The van der Waals surface area contributed by atoms with E-state index < -0.39 is 0 Å². The van der Waals surface area contributed by atoms with Crippen molar-refractivity contribution in [3.8, 4) is 0 Å². The van der Waals surface area contributed by atoms with E-state index in [-0.39, 0.29) is 6.61 Å². The maximum Gasteiger partial charge on any atom is 0.137 e. The predicted octanol–water partition coefficient (Wildman–Crippen LogP) is 2.59. The van der Waals surface area contributed by atoms with E-state index in [1.807, 2.05) is 45.2 Å². The van der Waals surface area contributed by atoms with E-state index >= 15 is 0 Å². The number of hydrogen-bond donors (Lipinski definition) is 1. The normalized spacial score (nSPS) is 10.0. The number of pyridine rings is 1. The Labute approximate surface area is 96.8 Å². The van der Waals surface area contributed by atoms with Crippen LogP contribution in [0.2, 0.25) is 0 Å². The molecule has 2 rings (SSSR count). The zero-order chi connectivity index (χ0) is 12.0. The molecular formula is C13H20N2O. The van der Waals surface area contributed by atoms with Crippen LogP contribution in [0.1, 0.15) is 31.7 Å². The van der Waals surface area contributed by atoms with Crippen LogP contribution in [0.15, 0.2) is 24.4 Å². The number of aliphatic hydroxyl groups excluding tert-OH is 1. The number of rotatable bonds is 3. The van der Waals surface area contributed by atoms with Gasteiger partial charge in [0, 0.05) is 18.5 Å². The van der Waals surface area contributed by atoms with Gasteiger partial charge in [-0.3, -0.25) is 0 Å². The minimum atomic E-state index is 0.236. The summed E-state index contributed by atoms with van der Waals surface area (Å²) in [5.41, 5.74) is 3.25. The summed E-state index contributed by atoms with van der Waals surface area (Å²) in [6.07, 6.45) is 3.69. The lowest BCUT2D eigenvalue weighted by Gasteiger charge is -2.00. The highest BCUT2D eigenvalue weighted by molar-refractivity contribution is 5.42. The summed E-state index contributed by atoms with van der Waals surface area (Å²) < 4.78 is 2.09. The molecule has 0 bridgehead atoms. The lowest BCUT2D eigenvalue weighted by Crippen LogP contribution is -1.96. The molecule has 0 spiro atoms. The minimum Gasteiger partial charge on any atom is -0.396 e. The SMILES string of the molecule is CC.Cc1nc2ccccn2c1CCCO. The average Bonchev–Trinajstić information content (AvgIpc) is 2.65. The zero-order valence-electron chi connectivity index (χ0n) is 10.3. The standard InChI is InChI=1S/C11H14N2O.C2H6/c1-9-10(5-4-8-14)13-7-3-2-6-11(13)12-9;1-2/h2-3,6-7,14H,4-5,8H2,1H3;1-2H3. The van der Waals surface area contributed by atoms with Crippen LogP contribution < -0.4 is 0 Å². The topological polar surface area (TPSA) is 37.5 Å². The van der Waals surface area contributed by atoms with E-state index in [1.165, 1.54) is 5.69 Å². The van der Waals surface area contributed by atoms with E-state index in [9.17, 15) is 0 Å². The summed E-state index contributed by atoms with van der Waals surface area (Å²) >= 11 is 0. The molecule has 2 aromatic rings. The Kier molecular flexibility index (Phi) is 4.99. The maximum atomic E-state index is 8.80. The molecule has 88 valence electrons. The molecule has 3 heteroatoms. The Morgan fingerprint density at radius 2 is 2.06 bits per heavy atom. The van der Waals surface area contributed by atoms with Gasteiger partial charge in [0.15, 0.2) is 0 Å². The smallest absolute Gasteiger partial charge is 0.137 e. The van der Waals surface area contributed by atoms with Crippen molar-refractivity contribution in [3.63, 3.8) is 0 Å². The predicted molar refractivity (Wildman–Crippen MR) is 66.7 cm³/mol. The molecule has 0 aliphatic heterocycles. The van der Waals surface area contributed by atoms with Gasteiger partial charge in [0.2, 0.25) is 0 Å². The van der Waals surface area contributed by atoms with Crippen LogP contribution in [0.3, 0.4) is 0 Å². The number of aliphatic hydroxyl groups is 1. The molecule has 0 saturated heterocycles. The summed E-state index contributed by atoms with van der Waals surface area (Å²) in [6.45, 7) is 6.25. The van der Waals surface area contributed by atoms with E-state index in [1.54, 1.807) is 0 Å². The molecule has 0 saturated carbocycles.